The molecule has 5 nitrogen and oxygen atoms in total. The first kappa shape index (κ1) is 12.1. The van der Waals surface area contributed by atoms with Crippen molar-refractivity contribution in [2.75, 3.05) is 0 Å². The maximum Gasteiger partial charge on any atom is 0.328 e. The third-order valence-electron chi connectivity index (χ3n) is 3.34. The van der Waals surface area contributed by atoms with Gasteiger partial charge in [-0.15, -0.1) is 11.3 Å². The van der Waals surface area contributed by atoms with Crippen molar-refractivity contribution in [2.24, 2.45) is 11.8 Å². The smallest absolute Gasteiger partial charge is 0.328 e. The van der Waals surface area contributed by atoms with Gasteiger partial charge < -0.3 is 5.11 Å². The number of carbonyl (C=O) groups excluding carboxylic acids is 2. The van der Waals surface area contributed by atoms with E-state index in [0.29, 0.717) is 13.0 Å². The maximum atomic E-state index is 11.8. The molecule has 2 aliphatic rings. The molecule has 0 spiro atoms. The van der Waals surface area contributed by atoms with E-state index in [2.05, 4.69) is 0 Å². The second-order valence-electron chi connectivity index (χ2n) is 4.69. The summed E-state index contributed by atoms with van der Waals surface area (Å²) in [6.07, 6.45) is 3.28. The molecular weight excluding hydrogens is 266 g/mol. The topological polar surface area (TPSA) is 74.7 Å². The molecule has 2 amide bonds. The Morgan fingerprint density at radius 3 is 2.68 bits per heavy atom. The number of aliphatic carboxylic acids is 1. The second-order valence-corrected chi connectivity index (χ2v) is 5.89. The highest BCUT2D eigenvalue weighted by Crippen LogP contribution is 2.47. The van der Waals surface area contributed by atoms with E-state index in [0.717, 1.165) is 15.8 Å². The van der Waals surface area contributed by atoms with Crippen LogP contribution in [0.15, 0.2) is 18.2 Å². The Morgan fingerprint density at radius 1 is 1.37 bits per heavy atom. The molecule has 2 fully saturated rings. The zero-order valence-electron chi connectivity index (χ0n) is 9.91. The molecule has 0 aromatic carbocycles. The fourth-order valence-corrected chi connectivity index (χ4v) is 3.19. The first-order chi connectivity index (χ1) is 9.06. The molecule has 6 heteroatoms. The Bertz CT molecular complexity index is 584. The number of hydrogen-bond donors (Lipinski definition) is 1. The summed E-state index contributed by atoms with van der Waals surface area (Å²) in [6, 6.07) is 3.60. The van der Waals surface area contributed by atoms with Gasteiger partial charge in [-0.1, -0.05) is 0 Å². The summed E-state index contributed by atoms with van der Waals surface area (Å²) >= 11 is 1.39. The predicted octanol–water partition coefficient (Wildman–Crippen LogP) is 1.35. The van der Waals surface area contributed by atoms with Gasteiger partial charge in [0, 0.05) is 15.8 Å². The Balaban J connectivity index is 1.69. The van der Waals surface area contributed by atoms with Crippen LogP contribution in [-0.4, -0.2) is 27.8 Å². The Hall–Kier alpha value is -1.95. The lowest BCUT2D eigenvalue weighted by Crippen LogP contribution is -2.31. The minimum atomic E-state index is -1.00. The van der Waals surface area contributed by atoms with Crippen molar-refractivity contribution >= 4 is 35.2 Å². The average molecular weight is 277 g/mol. The van der Waals surface area contributed by atoms with Crippen LogP contribution in [0.3, 0.4) is 0 Å². The Labute approximate surface area is 113 Å². The van der Waals surface area contributed by atoms with Crippen LogP contribution in [-0.2, 0) is 20.9 Å². The van der Waals surface area contributed by atoms with Gasteiger partial charge in [-0.05, 0) is 24.6 Å². The Morgan fingerprint density at radius 2 is 2.05 bits per heavy atom. The number of carboxylic acids is 1. The SMILES string of the molecule is O=C(O)C=Cc1ccc(CN2C(=O)C3CC3C2=O)s1. The summed E-state index contributed by atoms with van der Waals surface area (Å²) in [4.78, 5) is 37.0. The highest BCUT2D eigenvalue weighted by atomic mass is 32.1. The standard InChI is InChI=1S/C13H11NO4S/c15-11(16)4-3-7-1-2-8(19-7)6-14-12(17)9-5-10(9)13(14)18/h1-4,9-10H,5-6H2,(H,15,16). The van der Waals surface area contributed by atoms with Crippen LogP contribution in [0.2, 0.25) is 0 Å². The summed E-state index contributed by atoms with van der Waals surface area (Å²) in [5.74, 6) is -1.27. The summed E-state index contributed by atoms with van der Waals surface area (Å²) < 4.78 is 0. The molecule has 2 heterocycles. The zero-order valence-corrected chi connectivity index (χ0v) is 10.7. The van der Waals surface area contributed by atoms with Gasteiger partial charge in [0.1, 0.15) is 0 Å². The van der Waals surface area contributed by atoms with Gasteiger partial charge in [0.25, 0.3) is 0 Å². The lowest BCUT2D eigenvalue weighted by molar-refractivity contribution is -0.142. The molecule has 1 aromatic rings. The van der Waals surface area contributed by atoms with Gasteiger partial charge in [0.15, 0.2) is 0 Å². The van der Waals surface area contributed by atoms with E-state index >= 15 is 0 Å². The van der Waals surface area contributed by atoms with Crippen molar-refractivity contribution in [1.29, 1.82) is 0 Å². The van der Waals surface area contributed by atoms with Crippen LogP contribution < -0.4 is 0 Å². The van der Waals surface area contributed by atoms with Crippen molar-refractivity contribution in [3.63, 3.8) is 0 Å². The number of imide groups is 1. The molecule has 1 aliphatic heterocycles. The largest absolute Gasteiger partial charge is 0.478 e. The van der Waals surface area contributed by atoms with E-state index in [1.54, 1.807) is 6.07 Å². The minimum Gasteiger partial charge on any atom is -0.478 e. The number of fused-ring (bicyclic) bond motifs is 1. The number of hydrogen-bond acceptors (Lipinski definition) is 4. The third kappa shape index (κ3) is 2.19. The fraction of sp³-hybridized carbons (Fsp3) is 0.308. The molecule has 1 saturated carbocycles. The van der Waals surface area contributed by atoms with E-state index in [9.17, 15) is 14.4 Å². The summed E-state index contributed by atoms with van der Waals surface area (Å²) in [6.45, 7) is 0.302. The molecule has 0 radical (unpaired) electrons. The molecule has 3 rings (SSSR count). The lowest BCUT2D eigenvalue weighted by atomic mass is 10.3. The zero-order chi connectivity index (χ0) is 13.6. The van der Waals surface area contributed by atoms with Crippen LogP contribution >= 0.6 is 11.3 Å². The molecule has 1 saturated heterocycles. The first-order valence-corrected chi connectivity index (χ1v) is 6.73. The molecule has 1 aromatic heterocycles. The quantitative estimate of drug-likeness (QED) is 0.666. The van der Waals surface area contributed by atoms with Gasteiger partial charge in [0.2, 0.25) is 11.8 Å². The van der Waals surface area contributed by atoms with E-state index in [-0.39, 0.29) is 23.7 Å². The van der Waals surface area contributed by atoms with E-state index < -0.39 is 5.97 Å². The Kier molecular flexibility index (Phi) is 2.74. The van der Waals surface area contributed by atoms with Gasteiger partial charge >= 0.3 is 5.97 Å². The van der Waals surface area contributed by atoms with Crippen LogP contribution in [0.5, 0.6) is 0 Å². The summed E-state index contributed by atoms with van der Waals surface area (Å²) in [7, 11) is 0. The summed E-state index contributed by atoms with van der Waals surface area (Å²) in [5.41, 5.74) is 0. The van der Waals surface area contributed by atoms with Crippen molar-refractivity contribution in [3.05, 3.63) is 28.0 Å². The van der Waals surface area contributed by atoms with E-state index in [4.69, 9.17) is 5.11 Å². The van der Waals surface area contributed by atoms with Crippen LogP contribution in [0.25, 0.3) is 6.08 Å². The highest BCUT2D eigenvalue weighted by molar-refractivity contribution is 7.12. The normalized spacial score (nSPS) is 25.2. The van der Waals surface area contributed by atoms with Crippen LogP contribution in [0.4, 0.5) is 0 Å². The molecule has 98 valence electrons. The van der Waals surface area contributed by atoms with E-state index in [1.807, 2.05) is 6.07 Å². The van der Waals surface area contributed by atoms with Crippen LogP contribution in [0.1, 0.15) is 16.2 Å². The number of nitrogens with zero attached hydrogens (tertiary/aromatic N) is 1. The molecule has 0 bridgehead atoms. The van der Waals surface area contributed by atoms with Crippen molar-refractivity contribution in [2.45, 2.75) is 13.0 Å². The first-order valence-electron chi connectivity index (χ1n) is 5.91. The molecule has 2 atom stereocenters. The van der Waals surface area contributed by atoms with Crippen molar-refractivity contribution in [3.8, 4) is 0 Å². The van der Waals surface area contributed by atoms with E-state index in [1.165, 1.54) is 22.3 Å². The molecule has 1 aliphatic carbocycles. The second kappa shape index (κ2) is 4.31. The minimum absolute atomic E-state index is 0.0639. The number of likely N-dealkylation sites (tertiary alicyclic amines) is 1. The predicted molar refractivity (Wildman–Crippen MR) is 68.1 cm³/mol. The average Bonchev–Trinajstić information content (AvgIpc) is 2.98. The summed E-state index contributed by atoms with van der Waals surface area (Å²) in [5, 5.41) is 8.54. The molecular formula is C13H11NO4S. The number of rotatable bonds is 4. The van der Waals surface area contributed by atoms with Gasteiger partial charge in [-0.3, -0.25) is 14.5 Å². The van der Waals surface area contributed by atoms with Crippen molar-refractivity contribution < 1.29 is 19.5 Å². The number of thiophene rings is 1. The van der Waals surface area contributed by atoms with Gasteiger partial charge in [-0.2, -0.15) is 0 Å². The number of carbonyl (C=O) groups is 3. The molecule has 19 heavy (non-hydrogen) atoms. The fourth-order valence-electron chi connectivity index (χ4n) is 2.28. The third-order valence-corrected chi connectivity index (χ3v) is 4.38. The van der Waals surface area contributed by atoms with Crippen LogP contribution in [0, 0.1) is 11.8 Å². The molecule has 1 N–H and O–H groups in total. The van der Waals surface area contributed by atoms with Crippen molar-refractivity contribution in [1.82, 2.24) is 4.90 Å². The van der Waals surface area contributed by atoms with Gasteiger partial charge in [-0.25, -0.2) is 4.79 Å². The number of carboxylic acid groups (broad SMARTS) is 1. The number of piperidine rings is 1. The molecule has 2 unspecified atom stereocenters. The highest BCUT2D eigenvalue weighted by Gasteiger charge is 2.58. The number of amides is 2. The monoisotopic (exact) mass is 277 g/mol. The maximum absolute atomic E-state index is 11.8. The van der Waals surface area contributed by atoms with Gasteiger partial charge in [0.05, 0.1) is 18.4 Å². The lowest BCUT2D eigenvalue weighted by Gasteiger charge is -2.14.